The maximum Gasteiger partial charge on any atom is 0.243 e. The van der Waals surface area contributed by atoms with Gasteiger partial charge in [0.25, 0.3) is 0 Å². The van der Waals surface area contributed by atoms with Gasteiger partial charge in [0, 0.05) is 38.2 Å². The van der Waals surface area contributed by atoms with Gasteiger partial charge in [-0.05, 0) is 57.3 Å². The molecule has 1 unspecified atom stereocenters. The van der Waals surface area contributed by atoms with Crippen LogP contribution in [-0.4, -0.2) is 81.9 Å². The fourth-order valence-electron chi connectivity index (χ4n) is 4.84. The van der Waals surface area contributed by atoms with Crippen molar-refractivity contribution in [1.29, 1.82) is 0 Å². The number of rotatable bonds is 8. The summed E-state index contributed by atoms with van der Waals surface area (Å²) in [5.74, 6) is 0.461. The third kappa shape index (κ3) is 5.81. The van der Waals surface area contributed by atoms with Gasteiger partial charge in [-0.3, -0.25) is 9.59 Å². The number of carbonyl (C=O) groups is 2. The van der Waals surface area contributed by atoms with E-state index in [9.17, 15) is 18.0 Å². The first-order valence-electron chi connectivity index (χ1n) is 12.0. The molecule has 188 valence electrons. The molecule has 0 spiro atoms. The van der Waals surface area contributed by atoms with Gasteiger partial charge >= 0.3 is 0 Å². The van der Waals surface area contributed by atoms with Crippen molar-refractivity contribution in [3.8, 4) is 11.5 Å². The highest BCUT2D eigenvalue weighted by atomic mass is 32.2. The fraction of sp³-hybridized carbons (Fsp3) is 0.652. The maximum absolute atomic E-state index is 13.1. The number of nitrogens with one attached hydrogen (secondary N) is 1. The Hall–Kier alpha value is -2.37. The van der Waals surface area contributed by atoms with Crippen molar-refractivity contribution in [3.05, 3.63) is 18.2 Å². The zero-order chi connectivity index (χ0) is 24.1. The molecule has 3 N–H and O–H groups in total. The molecule has 1 aromatic carbocycles. The third-order valence-corrected chi connectivity index (χ3v) is 8.73. The molecule has 2 saturated heterocycles. The largest absolute Gasteiger partial charge is 0.486 e. The summed E-state index contributed by atoms with van der Waals surface area (Å²) < 4.78 is 38.6. The number of piperidine rings is 2. The van der Waals surface area contributed by atoms with Crippen LogP contribution in [0.15, 0.2) is 23.1 Å². The highest BCUT2D eigenvalue weighted by Crippen LogP contribution is 2.34. The summed E-state index contributed by atoms with van der Waals surface area (Å²) in [5.41, 5.74) is 5.43. The first-order chi connectivity index (χ1) is 16.3. The van der Waals surface area contributed by atoms with Crippen molar-refractivity contribution in [2.45, 2.75) is 37.0 Å². The van der Waals surface area contributed by atoms with Gasteiger partial charge in [0.2, 0.25) is 21.8 Å². The average molecular weight is 495 g/mol. The van der Waals surface area contributed by atoms with Gasteiger partial charge < -0.3 is 25.4 Å². The predicted molar refractivity (Wildman–Crippen MR) is 125 cm³/mol. The Morgan fingerprint density at radius 1 is 1.03 bits per heavy atom. The molecule has 0 aromatic heterocycles. The van der Waals surface area contributed by atoms with Crippen molar-refractivity contribution in [3.63, 3.8) is 0 Å². The first-order valence-corrected chi connectivity index (χ1v) is 13.5. The van der Waals surface area contributed by atoms with E-state index in [1.54, 1.807) is 6.07 Å². The van der Waals surface area contributed by atoms with Crippen LogP contribution in [0.4, 0.5) is 0 Å². The maximum atomic E-state index is 13.1. The zero-order valence-corrected chi connectivity index (χ0v) is 20.2. The van der Waals surface area contributed by atoms with E-state index in [4.69, 9.17) is 15.2 Å². The number of nitrogens with two attached hydrogens (primary N) is 1. The highest BCUT2D eigenvalue weighted by molar-refractivity contribution is 7.89. The minimum Gasteiger partial charge on any atom is -0.486 e. The number of ether oxygens (including phenoxy) is 2. The van der Waals surface area contributed by atoms with Crippen LogP contribution in [0.25, 0.3) is 0 Å². The number of hydrogen-bond acceptors (Lipinski definition) is 7. The topological polar surface area (TPSA) is 131 Å². The summed E-state index contributed by atoms with van der Waals surface area (Å²) >= 11 is 0. The van der Waals surface area contributed by atoms with Gasteiger partial charge in [0.1, 0.15) is 13.2 Å². The summed E-state index contributed by atoms with van der Waals surface area (Å²) in [7, 11) is -3.66. The van der Waals surface area contributed by atoms with Crippen LogP contribution in [0.5, 0.6) is 11.5 Å². The van der Waals surface area contributed by atoms with E-state index in [1.165, 1.54) is 16.4 Å². The van der Waals surface area contributed by atoms with Crippen LogP contribution in [0.1, 0.15) is 32.1 Å². The van der Waals surface area contributed by atoms with Crippen molar-refractivity contribution < 1.29 is 27.5 Å². The molecule has 1 atom stereocenters. The molecule has 2 fully saturated rings. The lowest BCUT2D eigenvalue weighted by Crippen LogP contribution is -2.44. The van der Waals surface area contributed by atoms with E-state index in [1.807, 2.05) is 0 Å². The molecule has 3 aliphatic rings. The number of carbonyl (C=O) groups excluding carboxylic acids is 2. The fourth-order valence-corrected chi connectivity index (χ4v) is 6.33. The number of sulfonamides is 1. The summed E-state index contributed by atoms with van der Waals surface area (Å²) in [6.45, 7) is 4.47. The molecule has 0 radical (unpaired) electrons. The Morgan fingerprint density at radius 2 is 1.76 bits per heavy atom. The van der Waals surface area contributed by atoms with E-state index < -0.39 is 10.0 Å². The molecule has 0 aliphatic carbocycles. The normalized spacial score (nSPS) is 22.3. The van der Waals surface area contributed by atoms with Crippen molar-refractivity contribution in [1.82, 2.24) is 14.5 Å². The van der Waals surface area contributed by atoms with Crippen LogP contribution >= 0.6 is 0 Å². The lowest BCUT2D eigenvalue weighted by molar-refractivity contribution is -0.126. The Labute approximate surface area is 200 Å². The zero-order valence-electron chi connectivity index (χ0n) is 19.4. The van der Waals surface area contributed by atoms with Crippen LogP contribution in [0.3, 0.4) is 0 Å². The molecule has 1 aromatic rings. The van der Waals surface area contributed by atoms with Gasteiger partial charge in [-0.1, -0.05) is 0 Å². The number of amides is 2. The Kier molecular flexibility index (Phi) is 7.95. The third-order valence-electron chi connectivity index (χ3n) is 6.83. The van der Waals surface area contributed by atoms with Crippen LogP contribution < -0.4 is 20.5 Å². The molecule has 0 saturated carbocycles. The predicted octanol–water partition coefficient (Wildman–Crippen LogP) is 0.562. The smallest absolute Gasteiger partial charge is 0.243 e. The summed E-state index contributed by atoms with van der Waals surface area (Å²) in [4.78, 5) is 26.4. The SMILES string of the molecule is NC(=O)C1CCCN(CCCNC(=O)C2CCN(S(=O)(=O)c3ccc4c(c3)OCCO4)CC2)C1. The molecule has 2 amide bonds. The van der Waals surface area contributed by atoms with Gasteiger partial charge in [0.05, 0.1) is 10.8 Å². The van der Waals surface area contributed by atoms with Gasteiger partial charge in [-0.2, -0.15) is 4.31 Å². The quantitative estimate of drug-likeness (QED) is 0.505. The van der Waals surface area contributed by atoms with Crippen molar-refractivity contribution in [2.24, 2.45) is 17.6 Å². The van der Waals surface area contributed by atoms with E-state index in [2.05, 4.69) is 10.2 Å². The summed E-state index contributed by atoms with van der Waals surface area (Å²) in [6, 6.07) is 4.67. The molecular weight excluding hydrogens is 460 g/mol. The van der Waals surface area contributed by atoms with E-state index >= 15 is 0 Å². The molecule has 11 heteroatoms. The Bertz CT molecular complexity index is 993. The molecular formula is C23H34N4O6S. The van der Waals surface area contributed by atoms with Crippen LogP contribution in [0, 0.1) is 11.8 Å². The molecule has 0 bridgehead atoms. The van der Waals surface area contributed by atoms with Crippen molar-refractivity contribution >= 4 is 21.8 Å². The molecule has 3 heterocycles. The van der Waals surface area contributed by atoms with Crippen molar-refractivity contribution in [2.75, 3.05) is 52.5 Å². The van der Waals surface area contributed by atoms with Gasteiger partial charge in [0.15, 0.2) is 11.5 Å². The highest BCUT2D eigenvalue weighted by Gasteiger charge is 2.33. The molecule has 4 rings (SSSR count). The second kappa shape index (κ2) is 10.9. The van der Waals surface area contributed by atoms with E-state index in [0.717, 1.165) is 32.4 Å². The van der Waals surface area contributed by atoms with Crippen LogP contribution in [-0.2, 0) is 19.6 Å². The number of likely N-dealkylation sites (tertiary alicyclic amines) is 1. The number of fused-ring (bicyclic) bond motifs is 1. The minimum atomic E-state index is -3.66. The van der Waals surface area contributed by atoms with Gasteiger partial charge in [-0.15, -0.1) is 0 Å². The minimum absolute atomic E-state index is 0.0231. The number of nitrogens with zero attached hydrogens (tertiary/aromatic N) is 2. The molecule has 10 nitrogen and oxygen atoms in total. The summed E-state index contributed by atoms with van der Waals surface area (Å²) in [6.07, 6.45) is 3.60. The van der Waals surface area contributed by atoms with Crippen LogP contribution in [0.2, 0.25) is 0 Å². The lowest BCUT2D eigenvalue weighted by Gasteiger charge is -2.31. The van der Waals surface area contributed by atoms with E-state index in [-0.39, 0.29) is 28.5 Å². The first kappa shape index (κ1) is 24.7. The number of primary amides is 1. The number of benzene rings is 1. The molecule has 3 aliphatic heterocycles. The Balaban J connectivity index is 1.20. The second-order valence-electron chi connectivity index (χ2n) is 9.17. The molecule has 34 heavy (non-hydrogen) atoms. The second-order valence-corrected chi connectivity index (χ2v) is 11.1. The average Bonchev–Trinajstić information content (AvgIpc) is 2.86. The number of hydrogen-bond donors (Lipinski definition) is 2. The summed E-state index contributed by atoms with van der Waals surface area (Å²) in [5, 5.41) is 2.99. The standard InChI is InChI=1S/C23H34N4O6S/c24-22(28)18-3-1-9-26(16-18)10-2-8-25-23(29)17-6-11-27(12-7-17)34(30,31)19-4-5-20-21(15-19)33-14-13-32-20/h4-5,15,17-18H,1-3,6-14,16H2,(H2,24,28)(H,25,29). The van der Waals surface area contributed by atoms with E-state index in [0.29, 0.717) is 63.7 Å². The van der Waals surface area contributed by atoms with Gasteiger partial charge in [-0.25, -0.2) is 8.42 Å². The lowest BCUT2D eigenvalue weighted by atomic mass is 9.97. The Morgan fingerprint density at radius 3 is 2.50 bits per heavy atom. The monoisotopic (exact) mass is 494 g/mol.